The summed E-state index contributed by atoms with van der Waals surface area (Å²) in [5, 5.41) is 9.70. The Labute approximate surface area is 101 Å². The molecule has 1 fully saturated rings. The lowest BCUT2D eigenvalue weighted by atomic mass is 9.85. The molecule has 1 saturated carbocycles. The number of benzene rings is 1. The number of aromatic amines is 1. The van der Waals surface area contributed by atoms with E-state index in [4.69, 9.17) is 0 Å². The van der Waals surface area contributed by atoms with Crippen LogP contribution in [0.2, 0.25) is 0 Å². The average molecular weight is 228 g/mol. The minimum absolute atomic E-state index is 0.335. The van der Waals surface area contributed by atoms with E-state index in [1.54, 1.807) is 6.07 Å². The number of phenols is 1. The summed E-state index contributed by atoms with van der Waals surface area (Å²) in [4.78, 5) is 7.79. The summed E-state index contributed by atoms with van der Waals surface area (Å²) in [5.41, 5.74) is 2.88. The summed E-state index contributed by atoms with van der Waals surface area (Å²) in [6.07, 6.45) is 5.65. The van der Waals surface area contributed by atoms with Crippen molar-refractivity contribution in [2.75, 3.05) is 0 Å². The Hall–Kier alpha value is -1.77. The van der Waals surface area contributed by atoms with Gasteiger partial charge >= 0.3 is 0 Å². The number of aromatic hydroxyl groups is 1. The molecule has 2 aromatic rings. The quantitative estimate of drug-likeness (QED) is 0.828. The van der Waals surface area contributed by atoms with Crippen LogP contribution in [0, 0.1) is 6.92 Å². The largest absolute Gasteiger partial charge is 0.508 e. The molecule has 0 saturated heterocycles. The van der Waals surface area contributed by atoms with E-state index in [2.05, 4.69) is 9.97 Å². The molecule has 1 aliphatic rings. The minimum atomic E-state index is 0.335. The Morgan fingerprint density at radius 1 is 1.35 bits per heavy atom. The molecule has 0 radical (unpaired) electrons. The van der Waals surface area contributed by atoms with Crippen LogP contribution in [0.4, 0.5) is 0 Å². The molecule has 0 amide bonds. The second-order valence-corrected chi connectivity index (χ2v) is 4.81. The molecular weight excluding hydrogens is 212 g/mol. The first-order chi connectivity index (χ1) is 8.24. The predicted octanol–water partition coefficient (Wildman–Crippen LogP) is 3.36. The molecule has 17 heavy (non-hydrogen) atoms. The van der Waals surface area contributed by atoms with Crippen molar-refractivity contribution in [2.24, 2.45) is 0 Å². The van der Waals surface area contributed by atoms with Gasteiger partial charge in [0, 0.05) is 11.5 Å². The maximum Gasteiger partial charge on any atom is 0.119 e. The van der Waals surface area contributed by atoms with Gasteiger partial charge in [-0.3, -0.25) is 0 Å². The number of hydrogen-bond acceptors (Lipinski definition) is 2. The normalized spacial score (nSPS) is 15.8. The SMILES string of the molecule is Cc1ccc(-c2cnc(C3CCC3)[nH]2)cc1O. The Morgan fingerprint density at radius 2 is 2.18 bits per heavy atom. The number of aryl methyl sites for hydroxylation is 1. The van der Waals surface area contributed by atoms with E-state index < -0.39 is 0 Å². The van der Waals surface area contributed by atoms with Crippen molar-refractivity contribution >= 4 is 0 Å². The number of imidazole rings is 1. The van der Waals surface area contributed by atoms with Crippen LogP contribution in [0.3, 0.4) is 0 Å². The smallest absolute Gasteiger partial charge is 0.119 e. The molecule has 3 nitrogen and oxygen atoms in total. The summed E-state index contributed by atoms with van der Waals surface area (Å²) >= 11 is 0. The maximum absolute atomic E-state index is 9.70. The van der Waals surface area contributed by atoms with E-state index in [1.807, 2.05) is 25.3 Å². The number of aromatic nitrogens is 2. The van der Waals surface area contributed by atoms with Gasteiger partial charge in [0.15, 0.2) is 0 Å². The molecule has 0 spiro atoms. The van der Waals surface area contributed by atoms with E-state index in [0.717, 1.165) is 22.6 Å². The first-order valence-electron chi connectivity index (χ1n) is 6.09. The van der Waals surface area contributed by atoms with Gasteiger partial charge < -0.3 is 10.1 Å². The van der Waals surface area contributed by atoms with Gasteiger partial charge in [0.2, 0.25) is 0 Å². The molecular formula is C14H16N2O. The van der Waals surface area contributed by atoms with Gasteiger partial charge in [-0.15, -0.1) is 0 Å². The Morgan fingerprint density at radius 3 is 2.82 bits per heavy atom. The lowest BCUT2D eigenvalue weighted by molar-refractivity contribution is 0.404. The zero-order valence-electron chi connectivity index (χ0n) is 9.90. The van der Waals surface area contributed by atoms with Crippen LogP contribution < -0.4 is 0 Å². The fraction of sp³-hybridized carbons (Fsp3) is 0.357. The molecule has 0 unspecified atom stereocenters. The van der Waals surface area contributed by atoms with Gasteiger partial charge in [-0.1, -0.05) is 18.6 Å². The third-order valence-electron chi connectivity index (χ3n) is 3.61. The number of H-pyrrole nitrogens is 1. The molecule has 3 rings (SSSR count). The van der Waals surface area contributed by atoms with E-state index in [1.165, 1.54) is 19.3 Å². The predicted molar refractivity (Wildman–Crippen MR) is 67.0 cm³/mol. The fourth-order valence-corrected chi connectivity index (χ4v) is 2.15. The maximum atomic E-state index is 9.70. The summed E-state index contributed by atoms with van der Waals surface area (Å²) in [6, 6.07) is 5.72. The van der Waals surface area contributed by atoms with Gasteiger partial charge in [-0.05, 0) is 31.4 Å². The number of rotatable bonds is 2. The standard InChI is InChI=1S/C14H16N2O/c1-9-5-6-11(7-13(9)17)12-8-15-14(16-12)10-3-2-4-10/h5-8,10,17H,2-4H2,1H3,(H,15,16). The molecule has 1 aromatic heterocycles. The highest BCUT2D eigenvalue weighted by atomic mass is 16.3. The highest BCUT2D eigenvalue weighted by Gasteiger charge is 2.22. The lowest BCUT2D eigenvalue weighted by Gasteiger charge is -2.22. The van der Waals surface area contributed by atoms with Crippen molar-refractivity contribution in [2.45, 2.75) is 32.1 Å². The third kappa shape index (κ3) is 1.82. The fourth-order valence-electron chi connectivity index (χ4n) is 2.15. The summed E-state index contributed by atoms with van der Waals surface area (Å²) in [6.45, 7) is 1.89. The Kier molecular flexibility index (Phi) is 2.39. The van der Waals surface area contributed by atoms with Crippen molar-refractivity contribution in [3.05, 3.63) is 35.8 Å². The molecule has 2 N–H and O–H groups in total. The number of nitrogens with zero attached hydrogens (tertiary/aromatic N) is 1. The Bertz CT molecular complexity index is 541. The number of hydrogen-bond donors (Lipinski definition) is 2. The van der Waals surface area contributed by atoms with E-state index in [-0.39, 0.29) is 0 Å². The van der Waals surface area contributed by atoms with Crippen LogP contribution in [0.25, 0.3) is 11.3 Å². The second-order valence-electron chi connectivity index (χ2n) is 4.81. The summed E-state index contributed by atoms with van der Waals surface area (Å²) < 4.78 is 0. The average Bonchev–Trinajstić information content (AvgIpc) is 2.69. The number of nitrogens with one attached hydrogen (secondary N) is 1. The van der Waals surface area contributed by atoms with Crippen molar-refractivity contribution in [1.29, 1.82) is 0 Å². The van der Waals surface area contributed by atoms with E-state index >= 15 is 0 Å². The van der Waals surface area contributed by atoms with Crippen LogP contribution >= 0.6 is 0 Å². The molecule has 88 valence electrons. The van der Waals surface area contributed by atoms with Crippen LogP contribution in [0.1, 0.15) is 36.6 Å². The van der Waals surface area contributed by atoms with Gasteiger partial charge in [-0.2, -0.15) is 0 Å². The summed E-state index contributed by atoms with van der Waals surface area (Å²) in [5.74, 6) is 2.04. The first-order valence-corrected chi connectivity index (χ1v) is 6.09. The zero-order valence-corrected chi connectivity index (χ0v) is 9.90. The molecule has 1 aromatic carbocycles. The lowest BCUT2D eigenvalue weighted by Crippen LogP contribution is -2.10. The van der Waals surface area contributed by atoms with Crippen molar-refractivity contribution in [3.8, 4) is 17.0 Å². The van der Waals surface area contributed by atoms with Crippen LogP contribution in [0.15, 0.2) is 24.4 Å². The van der Waals surface area contributed by atoms with Gasteiger partial charge in [0.1, 0.15) is 11.6 Å². The van der Waals surface area contributed by atoms with Crippen LogP contribution in [0.5, 0.6) is 5.75 Å². The highest BCUT2D eigenvalue weighted by molar-refractivity contribution is 5.61. The van der Waals surface area contributed by atoms with Crippen molar-refractivity contribution in [1.82, 2.24) is 9.97 Å². The van der Waals surface area contributed by atoms with Crippen molar-refractivity contribution in [3.63, 3.8) is 0 Å². The number of phenolic OH excluding ortho intramolecular Hbond substituents is 1. The van der Waals surface area contributed by atoms with Gasteiger partial charge in [0.25, 0.3) is 0 Å². The highest BCUT2D eigenvalue weighted by Crippen LogP contribution is 2.35. The molecule has 1 heterocycles. The van der Waals surface area contributed by atoms with Gasteiger partial charge in [0.05, 0.1) is 11.9 Å². The first kappa shape index (κ1) is 10.4. The van der Waals surface area contributed by atoms with E-state index in [9.17, 15) is 5.11 Å². The topological polar surface area (TPSA) is 48.9 Å². The molecule has 0 bridgehead atoms. The second kappa shape index (κ2) is 3.91. The monoisotopic (exact) mass is 228 g/mol. The molecule has 1 aliphatic carbocycles. The minimum Gasteiger partial charge on any atom is -0.508 e. The van der Waals surface area contributed by atoms with Gasteiger partial charge in [-0.25, -0.2) is 4.98 Å². The van der Waals surface area contributed by atoms with Crippen LogP contribution in [-0.4, -0.2) is 15.1 Å². The molecule has 0 atom stereocenters. The summed E-state index contributed by atoms with van der Waals surface area (Å²) in [7, 11) is 0. The van der Waals surface area contributed by atoms with Crippen LogP contribution in [-0.2, 0) is 0 Å². The zero-order chi connectivity index (χ0) is 11.8. The molecule has 3 heteroatoms. The van der Waals surface area contributed by atoms with Crippen molar-refractivity contribution < 1.29 is 5.11 Å². The third-order valence-corrected chi connectivity index (χ3v) is 3.61. The van der Waals surface area contributed by atoms with E-state index in [0.29, 0.717) is 11.7 Å². The molecule has 0 aliphatic heterocycles. The Balaban J connectivity index is 1.92.